The minimum atomic E-state index is -0.346. The van der Waals surface area contributed by atoms with Crippen LogP contribution < -0.4 is 15.4 Å². The summed E-state index contributed by atoms with van der Waals surface area (Å²) in [5, 5.41) is 16.2. The van der Waals surface area contributed by atoms with Crippen molar-refractivity contribution >= 4 is 39.6 Å². The molecule has 1 aliphatic rings. The van der Waals surface area contributed by atoms with Crippen LogP contribution in [0.5, 0.6) is 5.75 Å². The fourth-order valence-corrected chi connectivity index (χ4v) is 4.99. The number of hydrogen-bond acceptors (Lipinski definition) is 5. The van der Waals surface area contributed by atoms with Crippen LogP contribution in [-0.4, -0.2) is 18.1 Å². The van der Waals surface area contributed by atoms with E-state index in [0.717, 1.165) is 30.4 Å². The van der Waals surface area contributed by atoms with Gasteiger partial charge in [0.25, 0.3) is 5.91 Å². The molecule has 2 N–H and O–H groups in total. The van der Waals surface area contributed by atoms with Crippen molar-refractivity contribution in [3.8, 4) is 11.8 Å². The monoisotopic (exact) mass is 399 g/mol. The van der Waals surface area contributed by atoms with Crippen molar-refractivity contribution in [2.45, 2.75) is 33.1 Å². The molecular formula is C20H21N3O2S2. The van der Waals surface area contributed by atoms with E-state index >= 15 is 0 Å². The largest absolute Gasteiger partial charge is 0.496 e. The molecule has 0 bridgehead atoms. The van der Waals surface area contributed by atoms with E-state index in [1.807, 2.05) is 13.0 Å². The lowest BCUT2D eigenvalue weighted by Gasteiger charge is -2.17. The maximum Gasteiger partial charge on any atom is 0.261 e. The van der Waals surface area contributed by atoms with Gasteiger partial charge in [-0.15, -0.1) is 11.3 Å². The number of amides is 1. The van der Waals surface area contributed by atoms with Gasteiger partial charge in [0.15, 0.2) is 5.11 Å². The van der Waals surface area contributed by atoms with Gasteiger partial charge in [0.2, 0.25) is 0 Å². The van der Waals surface area contributed by atoms with Gasteiger partial charge < -0.3 is 10.1 Å². The summed E-state index contributed by atoms with van der Waals surface area (Å²) >= 11 is 6.86. The van der Waals surface area contributed by atoms with E-state index in [0.29, 0.717) is 27.8 Å². The molecule has 0 spiro atoms. The number of aryl methyl sites for hydroxylation is 1. The van der Waals surface area contributed by atoms with E-state index in [1.165, 1.54) is 12.0 Å². The smallest absolute Gasteiger partial charge is 0.261 e. The minimum absolute atomic E-state index is 0.173. The number of nitrogens with zero attached hydrogens (tertiary/aromatic N) is 1. The van der Waals surface area contributed by atoms with Gasteiger partial charge >= 0.3 is 0 Å². The highest BCUT2D eigenvalue weighted by atomic mass is 32.1. The molecule has 140 valence electrons. The molecule has 1 atom stereocenters. The van der Waals surface area contributed by atoms with Crippen molar-refractivity contribution in [2.24, 2.45) is 5.92 Å². The third-order valence-corrected chi connectivity index (χ3v) is 6.11. The van der Waals surface area contributed by atoms with Crippen molar-refractivity contribution in [3.63, 3.8) is 0 Å². The number of hydrogen-bond donors (Lipinski definition) is 2. The van der Waals surface area contributed by atoms with Crippen molar-refractivity contribution in [1.29, 1.82) is 5.26 Å². The lowest BCUT2D eigenvalue weighted by atomic mass is 9.89. The number of nitriles is 1. The first kappa shape index (κ1) is 19.3. The number of carbonyl (C=O) groups excluding carboxylic acids is 1. The van der Waals surface area contributed by atoms with Crippen molar-refractivity contribution in [3.05, 3.63) is 45.3 Å². The Balaban J connectivity index is 1.76. The minimum Gasteiger partial charge on any atom is -0.496 e. The molecule has 0 saturated heterocycles. The Bertz CT molecular complexity index is 943. The predicted octanol–water partition coefficient (Wildman–Crippen LogP) is 4.19. The Morgan fingerprint density at radius 1 is 1.44 bits per heavy atom. The highest BCUT2D eigenvalue weighted by molar-refractivity contribution is 7.80. The van der Waals surface area contributed by atoms with Crippen molar-refractivity contribution in [1.82, 2.24) is 5.32 Å². The van der Waals surface area contributed by atoms with Crippen LogP contribution >= 0.6 is 23.6 Å². The maximum absolute atomic E-state index is 12.6. The summed E-state index contributed by atoms with van der Waals surface area (Å²) in [6, 6.07) is 7.66. The third kappa shape index (κ3) is 3.97. The summed E-state index contributed by atoms with van der Waals surface area (Å²) in [5.74, 6) is 0.800. The van der Waals surface area contributed by atoms with Gasteiger partial charge in [-0.2, -0.15) is 5.26 Å². The maximum atomic E-state index is 12.6. The lowest BCUT2D eigenvalue weighted by Crippen LogP contribution is -2.34. The Kier molecular flexibility index (Phi) is 5.78. The van der Waals surface area contributed by atoms with Crippen LogP contribution in [-0.2, 0) is 12.8 Å². The van der Waals surface area contributed by atoms with E-state index in [2.05, 4.69) is 23.6 Å². The summed E-state index contributed by atoms with van der Waals surface area (Å²) in [6.45, 7) is 4.10. The average molecular weight is 400 g/mol. The molecule has 0 radical (unpaired) electrons. The van der Waals surface area contributed by atoms with Crippen molar-refractivity contribution in [2.75, 3.05) is 12.4 Å². The average Bonchev–Trinajstić information content (AvgIpc) is 2.96. The highest BCUT2D eigenvalue weighted by Crippen LogP contribution is 2.39. The molecule has 3 rings (SSSR count). The first-order valence-corrected chi connectivity index (χ1v) is 9.97. The van der Waals surface area contributed by atoms with Crippen LogP contribution in [0.15, 0.2) is 18.2 Å². The Morgan fingerprint density at radius 2 is 2.22 bits per heavy atom. The van der Waals surface area contributed by atoms with Gasteiger partial charge in [0.1, 0.15) is 16.8 Å². The number of nitrogens with one attached hydrogen (secondary N) is 2. The molecule has 0 saturated carbocycles. The quantitative estimate of drug-likeness (QED) is 0.757. The summed E-state index contributed by atoms with van der Waals surface area (Å²) in [5.41, 5.74) is 3.06. The predicted molar refractivity (Wildman–Crippen MR) is 112 cm³/mol. The molecule has 5 nitrogen and oxygen atoms in total. The molecule has 1 unspecified atom stereocenters. The first-order chi connectivity index (χ1) is 12.9. The summed E-state index contributed by atoms with van der Waals surface area (Å²) < 4.78 is 5.33. The zero-order valence-corrected chi connectivity index (χ0v) is 17.1. The van der Waals surface area contributed by atoms with Crippen molar-refractivity contribution < 1.29 is 9.53 Å². The zero-order valence-electron chi connectivity index (χ0n) is 15.5. The number of para-hydroxylation sites is 1. The fourth-order valence-electron chi connectivity index (χ4n) is 3.36. The number of methoxy groups -OCH3 is 1. The van der Waals surface area contributed by atoms with Gasteiger partial charge in [-0.25, -0.2) is 0 Å². The van der Waals surface area contributed by atoms with Crippen LogP contribution in [0.2, 0.25) is 0 Å². The number of benzene rings is 1. The van der Waals surface area contributed by atoms with Gasteiger partial charge in [0, 0.05) is 4.88 Å². The van der Waals surface area contributed by atoms with Crippen LogP contribution in [0, 0.1) is 24.2 Å². The number of fused-ring (bicyclic) bond motifs is 1. The van der Waals surface area contributed by atoms with Gasteiger partial charge in [-0.05, 0) is 61.5 Å². The van der Waals surface area contributed by atoms with Gasteiger partial charge in [-0.3, -0.25) is 10.1 Å². The Morgan fingerprint density at radius 3 is 2.93 bits per heavy atom. The fraction of sp³-hybridized carbons (Fsp3) is 0.350. The topological polar surface area (TPSA) is 74.2 Å². The highest BCUT2D eigenvalue weighted by Gasteiger charge is 2.24. The van der Waals surface area contributed by atoms with E-state index in [9.17, 15) is 10.1 Å². The molecule has 1 aromatic carbocycles. The first-order valence-electron chi connectivity index (χ1n) is 8.75. The van der Waals surface area contributed by atoms with Gasteiger partial charge in [0.05, 0.1) is 18.2 Å². The van der Waals surface area contributed by atoms with Crippen LogP contribution in [0.3, 0.4) is 0 Å². The molecule has 1 aromatic heterocycles. The molecule has 0 fully saturated rings. The summed E-state index contributed by atoms with van der Waals surface area (Å²) in [7, 11) is 1.53. The van der Waals surface area contributed by atoms with E-state index in [-0.39, 0.29) is 11.0 Å². The summed E-state index contributed by atoms with van der Waals surface area (Å²) in [6.07, 6.45) is 2.99. The molecule has 7 heteroatoms. The zero-order chi connectivity index (χ0) is 19.6. The van der Waals surface area contributed by atoms with Crippen LogP contribution in [0.1, 0.15) is 45.3 Å². The van der Waals surface area contributed by atoms with Crippen LogP contribution in [0.25, 0.3) is 0 Å². The molecule has 2 aromatic rings. The molecule has 27 heavy (non-hydrogen) atoms. The number of thiocarbonyl (C=S) groups is 1. The lowest BCUT2D eigenvalue weighted by molar-refractivity contribution is 0.0974. The van der Waals surface area contributed by atoms with E-state index in [1.54, 1.807) is 23.5 Å². The second-order valence-corrected chi connectivity index (χ2v) is 8.25. The van der Waals surface area contributed by atoms with E-state index < -0.39 is 0 Å². The molecule has 1 amide bonds. The number of anilines is 1. The number of carbonyl (C=O) groups is 1. The third-order valence-electron chi connectivity index (χ3n) is 4.74. The standard InChI is InChI=1S/C20H21N3O2S2/c1-11-7-8-13-15(10-21)19(27-16(13)9-11)23-20(26)22-18(24)14-6-4-5-12(2)17(14)25-3/h4-6,11H,7-9H2,1-3H3,(H2,22,23,24,26). The molecular weight excluding hydrogens is 378 g/mol. The number of rotatable bonds is 3. The number of thiophene rings is 1. The molecule has 1 aliphatic carbocycles. The van der Waals surface area contributed by atoms with Crippen LogP contribution in [0.4, 0.5) is 5.00 Å². The normalized spacial score (nSPS) is 15.4. The van der Waals surface area contributed by atoms with Gasteiger partial charge in [-0.1, -0.05) is 19.1 Å². The molecule has 1 heterocycles. The SMILES string of the molecule is COc1c(C)cccc1C(=O)NC(=S)Nc1sc2c(c1C#N)CCC(C)C2. The second kappa shape index (κ2) is 8.07. The Labute approximate surface area is 168 Å². The summed E-state index contributed by atoms with van der Waals surface area (Å²) in [4.78, 5) is 13.8. The second-order valence-electron chi connectivity index (χ2n) is 6.73. The van der Waals surface area contributed by atoms with E-state index in [4.69, 9.17) is 17.0 Å². The molecule has 0 aliphatic heterocycles. The number of ether oxygens (including phenoxy) is 1. The Hall–Kier alpha value is -2.43.